The highest BCUT2D eigenvalue weighted by Crippen LogP contribution is 2.09. The Labute approximate surface area is 243 Å². The van der Waals surface area contributed by atoms with Crippen LogP contribution in [0.25, 0.3) is 0 Å². The molecule has 0 aromatic heterocycles. The topological polar surface area (TPSA) is 132 Å². The summed E-state index contributed by atoms with van der Waals surface area (Å²) in [6, 6.07) is 0. The van der Waals surface area contributed by atoms with Crippen molar-refractivity contribution < 1.29 is 69.1 Å². The number of unbranched alkanes of at least 4 members (excludes halogenated alkanes) is 4. The zero-order valence-corrected chi connectivity index (χ0v) is 26.0. The summed E-state index contributed by atoms with van der Waals surface area (Å²) in [5.41, 5.74) is 0. The Hall–Kier alpha value is -2.21. The van der Waals surface area contributed by atoms with Gasteiger partial charge in [-0.1, -0.05) is 46.5 Å². The van der Waals surface area contributed by atoms with Gasteiger partial charge in [0.15, 0.2) is 18.8 Å². The molecule has 0 saturated heterocycles. The van der Waals surface area contributed by atoms with E-state index in [2.05, 4.69) is 0 Å². The molecule has 0 spiro atoms. The minimum atomic E-state index is -1.04. The Morgan fingerprint density at radius 1 is 0.615 bits per heavy atom. The van der Waals surface area contributed by atoms with Crippen molar-refractivity contribution in [3.05, 3.63) is 0 Å². The molecule has 0 heterocycles. The number of hydrogen-bond acceptors (Lipinski definition) is 10. The summed E-state index contributed by atoms with van der Waals surface area (Å²) in [4.78, 5) is 60.3. The van der Waals surface area contributed by atoms with Gasteiger partial charge in [-0.2, -0.15) is 0 Å². The van der Waals surface area contributed by atoms with E-state index in [-0.39, 0.29) is 55.9 Å². The third-order valence-corrected chi connectivity index (χ3v) is 5.21. The molecule has 0 saturated carbocycles. The Morgan fingerprint density at radius 3 is 1.54 bits per heavy atom. The Morgan fingerprint density at radius 2 is 1.10 bits per heavy atom. The molecule has 0 unspecified atom stereocenters. The summed E-state index contributed by atoms with van der Waals surface area (Å²) < 4.78 is 26.4. The molecule has 0 fully saturated rings. The number of esters is 5. The number of nitrogens with zero attached hydrogens (tertiary/aromatic N) is 1. The summed E-state index contributed by atoms with van der Waals surface area (Å²) in [6.07, 6.45) is 3.74. The van der Waals surface area contributed by atoms with E-state index < -0.39 is 48.7 Å². The minimum Gasteiger partial charge on any atom is -1.00 e. The van der Waals surface area contributed by atoms with Crippen molar-refractivity contribution in [3.63, 3.8) is 0 Å². The molecule has 228 valence electrons. The van der Waals surface area contributed by atoms with Crippen molar-refractivity contribution in [1.29, 1.82) is 0 Å². The van der Waals surface area contributed by atoms with Gasteiger partial charge in [-0.3, -0.25) is 19.2 Å². The van der Waals surface area contributed by atoms with E-state index in [0.29, 0.717) is 23.9 Å². The molecule has 0 aromatic rings. The van der Waals surface area contributed by atoms with Gasteiger partial charge in [0, 0.05) is 19.3 Å². The fourth-order valence-corrected chi connectivity index (χ4v) is 3.30. The van der Waals surface area contributed by atoms with E-state index in [1.165, 1.54) is 0 Å². The number of carbonyl (C=O) groups is 5. The van der Waals surface area contributed by atoms with Crippen molar-refractivity contribution in [1.82, 2.24) is 0 Å². The largest absolute Gasteiger partial charge is 1.00 e. The van der Waals surface area contributed by atoms with E-state index in [4.69, 9.17) is 23.7 Å². The van der Waals surface area contributed by atoms with Crippen LogP contribution >= 0.6 is 0 Å². The highest BCUT2D eigenvalue weighted by atomic mass is 79.9. The maximum atomic E-state index is 12.3. The minimum absolute atomic E-state index is 0. The van der Waals surface area contributed by atoms with Crippen LogP contribution in [0.15, 0.2) is 0 Å². The van der Waals surface area contributed by atoms with E-state index in [9.17, 15) is 24.0 Å². The fraction of sp³-hybridized carbons (Fsp3) is 0.815. The molecule has 1 atom stereocenters. The van der Waals surface area contributed by atoms with Gasteiger partial charge in [0.1, 0.15) is 19.8 Å². The number of rotatable bonds is 21. The van der Waals surface area contributed by atoms with Crippen LogP contribution in [0.2, 0.25) is 0 Å². The lowest BCUT2D eigenvalue weighted by molar-refractivity contribution is -0.873. The molecule has 0 aliphatic heterocycles. The van der Waals surface area contributed by atoms with Crippen LogP contribution in [-0.4, -0.2) is 94.0 Å². The maximum Gasteiger partial charge on any atom is 0.344 e. The quantitative estimate of drug-likeness (QED) is 0.0749. The number of carbonyl (C=O) groups excluding carboxylic acids is 5. The SMILES string of the molecule is CCCCCC(=O)OCC(COC(=O)CCCCC)OC(=O)COC(=O)C[C@@H](C[N+](C)(C)C)OC(=O)CC.[Br-]. The zero-order valence-electron chi connectivity index (χ0n) is 24.5. The van der Waals surface area contributed by atoms with Crippen molar-refractivity contribution in [2.75, 3.05) is 47.5 Å². The molecular formula is C27H48BrNO10. The number of hydrogen-bond donors (Lipinski definition) is 0. The van der Waals surface area contributed by atoms with Crippen LogP contribution in [0.1, 0.15) is 85.0 Å². The van der Waals surface area contributed by atoms with Crippen LogP contribution < -0.4 is 17.0 Å². The van der Waals surface area contributed by atoms with Gasteiger partial charge in [-0.25, -0.2) is 4.79 Å². The molecule has 0 bridgehead atoms. The van der Waals surface area contributed by atoms with E-state index in [1.54, 1.807) is 6.92 Å². The van der Waals surface area contributed by atoms with E-state index in [1.807, 2.05) is 35.0 Å². The van der Waals surface area contributed by atoms with Gasteiger partial charge in [0.2, 0.25) is 0 Å². The van der Waals surface area contributed by atoms with Crippen LogP contribution in [0.5, 0.6) is 0 Å². The van der Waals surface area contributed by atoms with Gasteiger partial charge >= 0.3 is 29.8 Å². The second-order valence-electron chi connectivity index (χ2n) is 10.2. The molecule has 12 heteroatoms. The van der Waals surface area contributed by atoms with Crippen LogP contribution in [0.4, 0.5) is 0 Å². The number of quaternary nitrogens is 1. The highest BCUT2D eigenvalue weighted by Gasteiger charge is 2.26. The number of ether oxygens (including phenoxy) is 5. The lowest BCUT2D eigenvalue weighted by Crippen LogP contribution is -3.00. The zero-order chi connectivity index (χ0) is 29.0. The average molecular weight is 627 g/mol. The average Bonchev–Trinajstić information content (AvgIpc) is 2.83. The smallest absolute Gasteiger partial charge is 0.344 e. The number of halogens is 1. The van der Waals surface area contributed by atoms with Gasteiger partial charge < -0.3 is 45.1 Å². The standard InChI is InChI=1S/C27H48NO10.BrH/c1-7-10-12-14-24(30)34-18-22(19-35-25(31)15-13-11-8-2)38-27(33)20-36-26(32)16-21(17-28(4,5)6)37-23(29)9-3;/h21-22H,7-20H2,1-6H3;1H/q+1;/p-1/t21-;/m0./s1. The molecule has 11 nitrogen and oxygen atoms in total. The third kappa shape index (κ3) is 23.4. The van der Waals surface area contributed by atoms with Gasteiger partial charge in [0.25, 0.3) is 0 Å². The molecule has 0 amide bonds. The van der Waals surface area contributed by atoms with Gasteiger partial charge in [-0.05, 0) is 12.8 Å². The first kappa shape index (κ1) is 38.9. The fourth-order valence-electron chi connectivity index (χ4n) is 3.30. The van der Waals surface area contributed by atoms with Crippen molar-refractivity contribution in [3.8, 4) is 0 Å². The first-order valence-corrected chi connectivity index (χ1v) is 13.6. The van der Waals surface area contributed by atoms with Gasteiger partial charge in [-0.15, -0.1) is 0 Å². The highest BCUT2D eigenvalue weighted by molar-refractivity contribution is 5.77. The summed E-state index contributed by atoms with van der Waals surface area (Å²) in [6.45, 7) is 4.80. The normalized spacial score (nSPS) is 11.7. The predicted molar refractivity (Wildman–Crippen MR) is 139 cm³/mol. The van der Waals surface area contributed by atoms with E-state index in [0.717, 1.165) is 25.7 Å². The molecule has 0 aromatic carbocycles. The second-order valence-corrected chi connectivity index (χ2v) is 10.2. The second kappa shape index (κ2) is 22.6. The van der Waals surface area contributed by atoms with Crippen molar-refractivity contribution >= 4 is 29.8 Å². The predicted octanol–water partition coefficient (Wildman–Crippen LogP) is 0.111. The summed E-state index contributed by atoms with van der Waals surface area (Å²) in [5, 5.41) is 0. The molecular weight excluding hydrogens is 578 g/mol. The van der Waals surface area contributed by atoms with Crippen molar-refractivity contribution in [2.24, 2.45) is 0 Å². The van der Waals surface area contributed by atoms with Crippen LogP contribution in [0.3, 0.4) is 0 Å². The summed E-state index contributed by atoms with van der Waals surface area (Å²) >= 11 is 0. The Balaban J connectivity index is 0. The van der Waals surface area contributed by atoms with E-state index >= 15 is 0 Å². The first-order chi connectivity index (χ1) is 17.9. The Kier molecular flexibility index (Phi) is 22.6. The lowest BCUT2D eigenvalue weighted by Gasteiger charge is -2.28. The molecule has 0 aliphatic rings. The van der Waals surface area contributed by atoms with Crippen molar-refractivity contribution in [2.45, 2.75) is 97.2 Å². The lowest BCUT2D eigenvalue weighted by atomic mass is 10.2. The maximum absolute atomic E-state index is 12.3. The monoisotopic (exact) mass is 625 g/mol. The number of likely N-dealkylation sites (N-methyl/N-ethyl adjacent to an activating group) is 1. The summed E-state index contributed by atoms with van der Waals surface area (Å²) in [7, 11) is 5.68. The molecule has 0 rings (SSSR count). The third-order valence-electron chi connectivity index (χ3n) is 5.21. The molecule has 0 N–H and O–H groups in total. The Bertz CT molecular complexity index is 713. The summed E-state index contributed by atoms with van der Waals surface area (Å²) in [5.74, 6) is -2.94. The molecule has 0 aliphatic carbocycles. The molecule has 39 heavy (non-hydrogen) atoms. The van der Waals surface area contributed by atoms with Crippen LogP contribution in [-0.2, 0) is 47.7 Å². The van der Waals surface area contributed by atoms with Gasteiger partial charge in [0.05, 0.1) is 27.6 Å². The van der Waals surface area contributed by atoms with Crippen LogP contribution in [0, 0.1) is 0 Å². The molecule has 0 radical (unpaired) electrons. The first-order valence-electron chi connectivity index (χ1n) is 13.6.